The molecule has 3 rings (SSSR count). The number of amides is 2. The Bertz CT molecular complexity index is 962. The maximum Gasteiger partial charge on any atom is 0.494 e. The van der Waals surface area contributed by atoms with Gasteiger partial charge in [0, 0.05) is 5.69 Å². The first kappa shape index (κ1) is 23.9. The van der Waals surface area contributed by atoms with Crippen LogP contribution in [0.2, 0.25) is 0 Å². The molecule has 1 heterocycles. The average Bonchev–Trinajstić information content (AvgIpc) is 2.90. The zero-order valence-corrected chi connectivity index (χ0v) is 18.6. The Morgan fingerprint density at radius 2 is 1.59 bits per heavy atom. The summed E-state index contributed by atoms with van der Waals surface area (Å²) in [6, 6.07) is 9.07. The number of carbonyl (C=O) groups excluding carboxylic acids is 1. The molecule has 2 aromatic carbocycles. The van der Waals surface area contributed by atoms with Crippen LogP contribution in [-0.4, -0.2) is 31.0 Å². The van der Waals surface area contributed by atoms with Crippen molar-refractivity contribution in [3.8, 4) is 5.75 Å². The molecule has 1 fully saturated rings. The van der Waals surface area contributed by atoms with E-state index in [0.717, 1.165) is 17.6 Å². The summed E-state index contributed by atoms with van der Waals surface area (Å²) in [5.74, 6) is 0.145. The zero-order valence-electron chi connectivity index (χ0n) is 18.6. The number of anilines is 2. The Morgan fingerprint density at radius 3 is 2.12 bits per heavy atom. The summed E-state index contributed by atoms with van der Waals surface area (Å²) in [6.07, 6.45) is -4.54. The lowest BCUT2D eigenvalue weighted by Crippen LogP contribution is -2.41. The number of ether oxygens (including phenoxy) is 1. The maximum atomic E-state index is 13.0. The van der Waals surface area contributed by atoms with E-state index in [1.54, 1.807) is 31.2 Å². The lowest BCUT2D eigenvalue weighted by Gasteiger charge is -2.32. The van der Waals surface area contributed by atoms with E-state index in [4.69, 9.17) is 14.0 Å². The summed E-state index contributed by atoms with van der Waals surface area (Å²) in [6.45, 7) is 9.76. The van der Waals surface area contributed by atoms with Crippen LogP contribution in [-0.2, 0) is 15.5 Å². The maximum absolute atomic E-state index is 13.0. The fourth-order valence-electron chi connectivity index (χ4n) is 3.07. The molecule has 2 aromatic rings. The number of nitrogens with one attached hydrogen (secondary N) is 2. The minimum atomic E-state index is -4.54. The van der Waals surface area contributed by atoms with Crippen molar-refractivity contribution in [3.05, 3.63) is 48.0 Å². The van der Waals surface area contributed by atoms with Crippen molar-refractivity contribution in [2.75, 3.05) is 17.2 Å². The van der Waals surface area contributed by atoms with Gasteiger partial charge in [-0.15, -0.1) is 0 Å². The van der Waals surface area contributed by atoms with Crippen LogP contribution in [0.1, 0.15) is 40.2 Å². The highest BCUT2D eigenvalue weighted by Crippen LogP contribution is 2.37. The van der Waals surface area contributed by atoms with E-state index in [0.29, 0.717) is 5.69 Å². The van der Waals surface area contributed by atoms with Gasteiger partial charge in [-0.05, 0) is 70.4 Å². The van der Waals surface area contributed by atoms with Crippen molar-refractivity contribution >= 4 is 30.0 Å². The van der Waals surface area contributed by atoms with Gasteiger partial charge in [0.15, 0.2) is 0 Å². The van der Waals surface area contributed by atoms with Crippen LogP contribution in [0.4, 0.5) is 29.3 Å². The van der Waals surface area contributed by atoms with Crippen LogP contribution < -0.4 is 20.8 Å². The monoisotopic (exact) mass is 450 g/mol. The van der Waals surface area contributed by atoms with E-state index in [9.17, 15) is 18.0 Å². The Balaban J connectivity index is 1.69. The molecule has 0 saturated carbocycles. The van der Waals surface area contributed by atoms with Crippen LogP contribution in [0, 0.1) is 0 Å². The van der Waals surface area contributed by atoms with Gasteiger partial charge >= 0.3 is 19.3 Å². The normalized spacial score (nSPS) is 17.2. The minimum Gasteiger partial charge on any atom is -0.492 e. The Labute approximate surface area is 185 Å². The molecule has 6 nitrogen and oxygen atoms in total. The molecule has 0 atom stereocenters. The Morgan fingerprint density at radius 1 is 1.00 bits per heavy atom. The number of hydrogen-bond acceptors (Lipinski definition) is 4. The molecule has 2 N–H and O–H groups in total. The van der Waals surface area contributed by atoms with Crippen LogP contribution >= 0.6 is 0 Å². The van der Waals surface area contributed by atoms with E-state index in [1.807, 2.05) is 27.7 Å². The third kappa shape index (κ3) is 5.19. The molecule has 10 heteroatoms. The quantitative estimate of drug-likeness (QED) is 0.626. The second-order valence-electron chi connectivity index (χ2n) is 8.43. The molecule has 1 aliphatic rings. The third-order valence-corrected chi connectivity index (χ3v) is 5.55. The number of halogens is 3. The summed E-state index contributed by atoms with van der Waals surface area (Å²) < 4.78 is 56.4. The van der Waals surface area contributed by atoms with Crippen molar-refractivity contribution in [2.45, 2.75) is 52.0 Å². The highest BCUT2D eigenvalue weighted by atomic mass is 19.4. The number of alkyl halides is 3. The minimum absolute atomic E-state index is 0.0759. The molecule has 0 aliphatic carbocycles. The summed E-state index contributed by atoms with van der Waals surface area (Å²) in [7, 11) is -0.540. The molecule has 0 bridgehead atoms. The lowest BCUT2D eigenvalue weighted by atomic mass is 9.79. The van der Waals surface area contributed by atoms with Gasteiger partial charge < -0.3 is 24.7 Å². The molecule has 172 valence electrons. The van der Waals surface area contributed by atoms with E-state index in [1.165, 1.54) is 6.07 Å². The molecule has 1 saturated heterocycles. The van der Waals surface area contributed by atoms with Gasteiger partial charge in [-0.1, -0.05) is 12.1 Å². The van der Waals surface area contributed by atoms with Crippen molar-refractivity contribution in [1.82, 2.24) is 0 Å². The average molecular weight is 450 g/mol. The topological polar surface area (TPSA) is 68.8 Å². The number of rotatable bonds is 5. The molecule has 32 heavy (non-hydrogen) atoms. The predicted octanol–water partition coefficient (Wildman–Crippen LogP) is 5.05. The van der Waals surface area contributed by atoms with Gasteiger partial charge in [-0.3, -0.25) is 0 Å². The standard InChI is InChI=1S/C22H26BF3N2O4/c1-6-30-18-12-7-14(22(24,25)26)13-17(18)28-19(29)27-16-10-8-15(9-11-16)23-31-20(2,3)21(4,5)32-23/h7-13H,6H2,1-5H3,(H2,27,28,29). The second kappa shape index (κ2) is 8.67. The Hall–Kier alpha value is -2.72. The molecule has 0 spiro atoms. The van der Waals surface area contributed by atoms with Gasteiger partial charge in [0.05, 0.1) is 29.1 Å². The van der Waals surface area contributed by atoms with Crippen LogP contribution in [0.25, 0.3) is 0 Å². The van der Waals surface area contributed by atoms with Crippen LogP contribution in [0.15, 0.2) is 42.5 Å². The summed E-state index contributed by atoms with van der Waals surface area (Å²) in [5.41, 5.74) is -0.676. The summed E-state index contributed by atoms with van der Waals surface area (Å²) in [5, 5.41) is 5.02. The van der Waals surface area contributed by atoms with Gasteiger partial charge in [-0.2, -0.15) is 13.2 Å². The van der Waals surface area contributed by atoms with Gasteiger partial charge in [0.25, 0.3) is 0 Å². The number of urea groups is 1. The van der Waals surface area contributed by atoms with Crippen molar-refractivity contribution in [2.24, 2.45) is 0 Å². The second-order valence-corrected chi connectivity index (χ2v) is 8.43. The summed E-state index contributed by atoms with van der Waals surface area (Å²) >= 11 is 0. The van der Waals surface area contributed by atoms with Crippen LogP contribution in [0.3, 0.4) is 0 Å². The number of benzene rings is 2. The van der Waals surface area contributed by atoms with Crippen molar-refractivity contribution in [1.29, 1.82) is 0 Å². The van der Waals surface area contributed by atoms with E-state index in [2.05, 4.69) is 10.6 Å². The van der Waals surface area contributed by atoms with E-state index < -0.39 is 36.1 Å². The fraction of sp³-hybridized carbons (Fsp3) is 0.409. The molecule has 0 radical (unpaired) electrons. The van der Waals surface area contributed by atoms with Gasteiger partial charge in [0.1, 0.15) is 5.75 Å². The molecular weight excluding hydrogens is 424 g/mol. The van der Waals surface area contributed by atoms with Crippen LogP contribution in [0.5, 0.6) is 5.75 Å². The zero-order chi connectivity index (χ0) is 23.7. The first-order valence-corrected chi connectivity index (χ1v) is 10.2. The first-order valence-electron chi connectivity index (χ1n) is 10.2. The fourth-order valence-corrected chi connectivity index (χ4v) is 3.07. The summed E-state index contributed by atoms with van der Waals surface area (Å²) in [4.78, 5) is 12.4. The third-order valence-electron chi connectivity index (χ3n) is 5.55. The number of hydrogen-bond donors (Lipinski definition) is 2. The molecule has 1 aliphatic heterocycles. The largest absolute Gasteiger partial charge is 0.494 e. The first-order chi connectivity index (χ1) is 14.8. The highest BCUT2D eigenvalue weighted by molar-refractivity contribution is 6.62. The van der Waals surface area contributed by atoms with Crippen molar-refractivity contribution < 1.29 is 32.0 Å². The molecular formula is C22H26BF3N2O4. The SMILES string of the molecule is CCOc1ccc(C(F)(F)F)cc1NC(=O)Nc1ccc(B2OC(C)(C)C(C)(C)O2)cc1. The van der Waals surface area contributed by atoms with E-state index in [-0.39, 0.29) is 18.0 Å². The predicted molar refractivity (Wildman–Crippen MR) is 117 cm³/mol. The Kier molecular flexibility index (Phi) is 6.48. The van der Waals surface area contributed by atoms with Gasteiger partial charge in [-0.25, -0.2) is 4.79 Å². The lowest BCUT2D eigenvalue weighted by molar-refractivity contribution is -0.137. The van der Waals surface area contributed by atoms with Crippen molar-refractivity contribution in [3.63, 3.8) is 0 Å². The number of carbonyl (C=O) groups is 1. The molecule has 0 aromatic heterocycles. The highest BCUT2D eigenvalue weighted by Gasteiger charge is 2.51. The van der Waals surface area contributed by atoms with E-state index >= 15 is 0 Å². The smallest absolute Gasteiger partial charge is 0.492 e. The van der Waals surface area contributed by atoms with Gasteiger partial charge in [0.2, 0.25) is 0 Å². The molecule has 2 amide bonds. The molecule has 0 unspecified atom stereocenters.